The Morgan fingerprint density at radius 1 is 1.16 bits per heavy atom. The number of aryl methyl sites for hydroxylation is 1. The van der Waals surface area contributed by atoms with Gasteiger partial charge < -0.3 is 10.3 Å². The molecule has 0 spiro atoms. The molecule has 1 atom stereocenters. The minimum absolute atomic E-state index is 0.0187. The summed E-state index contributed by atoms with van der Waals surface area (Å²) in [6, 6.07) is 12.2. The lowest BCUT2D eigenvalue weighted by molar-refractivity contribution is -0.126. The number of rotatable bonds is 7. The number of carbonyl (C=O) groups excluding carboxylic acids is 1. The molecule has 6 nitrogen and oxygen atoms in total. The van der Waals surface area contributed by atoms with Crippen molar-refractivity contribution in [2.24, 2.45) is 11.8 Å². The second-order valence-corrected chi connectivity index (χ2v) is 9.58. The number of benzene rings is 1. The molecule has 0 saturated heterocycles. The van der Waals surface area contributed by atoms with Crippen molar-refractivity contribution in [3.63, 3.8) is 0 Å². The highest BCUT2D eigenvalue weighted by Crippen LogP contribution is 2.30. The van der Waals surface area contributed by atoms with Gasteiger partial charge in [0.15, 0.2) is 0 Å². The maximum atomic E-state index is 12.7. The van der Waals surface area contributed by atoms with Crippen LogP contribution >= 0.6 is 11.3 Å². The Morgan fingerprint density at radius 3 is 2.65 bits per heavy atom. The summed E-state index contributed by atoms with van der Waals surface area (Å²) < 4.78 is 1.92. The number of amides is 1. The van der Waals surface area contributed by atoms with E-state index in [0.29, 0.717) is 16.8 Å². The quantitative estimate of drug-likeness (QED) is 0.589. The Balaban J connectivity index is 1.27. The van der Waals surface area contributed by atoms with E-state index in [1.54, 1.807) is 6.07 Å². The standard InChI is InChI=1S/C24H29N3O3S/c1-16(7-8-17-5-3-2-4-6-17)25-22(28)19-11-9-18(10-12-19)15-27-23(29)21-20(13-14-31-21)26-24(27)30/h2-6,13-14,16,18-19H,7-12,15H2,1H3,(H,25,28)(H,26,30)/t16-,18?,19?/m0/s1. The van der Waals surface area contributed by atoms with Crippen LogP contribution in [0.5, 0.6) is 0 Å². The summed E-state index contributed by atoms with van der Waals surface area (Å²) in [6.07, 6.45) is 5.18. The molecule has 0 bridgehead atoms. The molecule has 2 heterocycles. The van der Waals surface area contributed by atoms with Crippen LogP contribution in [0.4, 0.5) is 0 Å². The van der Waals surface area contributed by atoms with Crippen LogP contribution in [0.2, 0.25) is 0 Å². The lowest BCUT2D eigenvalue weighted by Crippen LogP contribution is -2.40. The van der Waals surface area contributed by atoms with Gasteiger partial charge >= 0.3 is 5.69 Å². The lowest BCUT2D eigenvalue weighted by Gasteiger charge is -2.29. The molecule has 1 aromatic carbocycles. The normalized spacial score (nSPS) is 19.9. The molecular weight excluding hydrogens is 410 g/mol. The number of fused-ring (bicyclic) bond motifs is 1. The first-order chi connectivity index (χ1) is 15.0. The topological polar surface area (TPSA) is 84.0 Å². The Bertz CT molecular complexity index is 1140. The van der Waals surface area contributed by atoms with Gasteiger partial charge in [-0.15, -0.1) is 11.3 Å². The van der Waals surface area contributed by atoms with Crippen LogP contribution in [0.3, 0.4) is 0 Å². The van der Waals surface area contributed by atoms with Crippen LogP contribution in [0, 0.1) is 11.8 Å². The molecule has 1 aliphatic carbocycles. The summed E-state index contributed by atoms with van der Waals surface area (Å²) in [5, 5.41) is 4.99. The van der Waals surface area contributed by atoms with Crippen molar-refractivity contribution >= 4 is 27.5 Å². The molecule has 2 N–H and O–H groups in total. The van der Waals surface area contributed by atoms with Crippen molar-refractivity contribution < 1.29 is 4.79 Å². The fraction of sp³-hybridized carbons (Fsp3) is 0.458. The number of thiophene rings is 1. The molecule has 164 valence electrons. The summed E-state index contributed by atoms with van der Waals surface area (Å²) >= 11 is 1.35. The number of nitrogens with zero attached hydrogens (tertiary/aromatic N) is 1. The smallest absolute Gasteiger partial charge is 0.328 e. The van der Waals surface area contributed by atoms with Gasteiger partial charge in [-0.05, 0) is 68.4 Å². The van der Waals surface area contributed by atoms with Gasteiger partial charge in [0.1, 0.15) is 4.70 Å². The summed E-state index contributed by atoms with van der Waals surface area (Å²) in [5.41, 5.74) is 1.34. The molecule has 0 aliphatic heterocycles. The van der Waals surface area contributed by atoms with E-state index in [2.05, 4.69) is 29.4 Å². The van der Waals surface area contributed by atoms with Crippen molar-refractivity contribution in [3.8, 4) is 0 Å². The number of aromatic nitrogens is 2. The van der Waals surface area contributed by atoms with Gasteiger partial charge in [0.25, 0.3) is 5.56 Å². The first kappa shape index (κ1) is 21.6. The number of nitrogens with one attached hydrogen (secondary N) is 2. The van der Waals surface area contributed by atoms with Gasteiger partial charge in [-0.25, -0.2) is 4.79 Å². The van der Waals surface area contributed by atoms with Crippen molar-refractivity contribution in [2.45, 2.75) is 58.0 Å². The lowest BCUT2D eigenvalue weighted by atomic mass is 9.81. The van der Waals surface area contributed by atoms with Crippen molar-refractivity contribution in [2.75, 3.05) is 0 Å². The molecule has 0 unspecified atom stereocenters. The summed E-state index contributed by atoms with van der Waals surface area (Å²) in [7, 11) is 0. The van der Waals surface area contributed by atoms with Gasteiger partial charge in [-0.2, -0.15) is 0 Å². The predicted octanol–water partition coefficient (Wildman–Crippen LogP) is 3.70. The molecular formula is C24H29N3O3S. The van der Waals surface area contributed by atoms with E-state index >= 15 is 0 Å². The largest absolute Gasteiger partial charge is 0.353 e. The molecule has 1 saturated carbocycles. The molecule has 3 aromatic rings. The summed E-state index contributed by atoms with van der Waals surface area (Å²) in [5.74, 6) is 0.398. The number of aromatic amines is 1. The minimum Gasteiger partial charge on any atom is -0.353 e. The van der Waals surface area contributed by atoms with Crippen LogP contribution in [-0.4, -0.2) is 21.5 Å². The number of H-pyrrole nitrogens is 1. The maximum Gasteiger partial charge on any atom is 0.328 e. The summed E-state index contributed by atoms with van der Waals surface area (Å²) in [4.78, 5) is 40.4. The van der Waals surface area contributed by atoms with E-state index in [9.17, 15) is 14.4 Å². The van der Waals surface area contributed by atoms with Crippen LogP contribution in [0.15, 0.2) is 51.4 Å². The molecule has 7 heteroatoms. The van der Waals surface area contributed by atoms with Crippen molar-refractivity contribution in [1.29, 1.82) is 0 Å². The van der Waals surface area contributed by atoms with Gasteiger partial charge in [0, 0.05) is 18.5 Å². The monoisotopic (exact) mass is 439 g/mol. The average Bonchev–Trinajstić information content (AvgIpc) is 3.25. The molecule has 31 heavy (non-hydrogen) atoms. The third-order valence-electron chi connectivity index (χ3n) is 6.35. The highest BCUT2D eigenvalue weighted by atomic mass is 32.1. The van der Waals surface area contributed by atoms with Crippen LogP contribution < -0.4 is 16.6 Å². The molecule has 1 amide bonds. The van der Waals surface area contributed by atoms with Gasteiger partial charge in [0.2, 0.25) is 5.91 Å². The van der Waals surface area contributed by atoms with E-state index in [-0.39, 0.29) is 35.0 Å². The number of hydrogen-bond acceptors (Lipinski definition) is 4. The molecule has 1 fully saturated rings. The SMILES string of the molecule is C[C@@H](CCc1ccccc1)NC(=O)C1CCC(Cn2c(=O)[nH]c3ccsc3c2=O)CC1. The Labute approximate surface area is 185 Å². The van der Waals surface area contributed by atoms with E-state index in [1.807, 2.05) is 23.6 Å². The molecule has 0 radical (unpaired) electrons. The second kappa shape index (κ2) is 9.64. The van der Waals surface area contributed by atoms with Crippen LogP contribution in [-0.2, 0) is 17.8 Å². The fourth-order valence-electron chi connectivity index (χ4n) is 4.46. The predicted molar refractivity (Wildman–Crippen MR) is 125 cm³/mol. The van der Waals surface area contributed by atoms with E-state index < -0.39 is 0 Å². The van der Waals surface area contributed by atoms with E-state index in [4.69, 9.17) is 0 Å². The van der Waals surface area contributed by atoms with Gasteiger partial charge in [-0.1, -0.05) is 30.3 Å². The maximum absolute atomic E-state index is 12.7. The third-order valence-corrected chi connectivity index (χ3v) is 7.25. The zero-order valence-corrected chi connectivity index (χ0v) is 18.6. The van der Waals surface area contributed by atoms with E-state index in [1.165, 1.54) is 21.5 Å². The third kappa shape index (κ3) is 5.15. The summed E-state index contributed by atoms with van der Waals surface area (Å²) in [6.45, 7) is 2.48. The molecule has 2 aromatic heterocycles. The Morgan fingerprint density at radius 2 is 1.90 bits per heavy atom. The minimum atomic E-state index is -0.344. The van der Waals surface area contributed by atoms with E-state index in [0.717, 1.165) is 38.5 Å². The second-order valence-electron chi connectivity index (χ2n) is 8.66. The number of hydrogen-bond donors (Lipinski definition) is 2. The zero-order chi connectivity index (χ0) is 21.8. The molecule has 1 aliphatic rings. The Hall–Kier alpha value is -2.67. The highest BCUT2D eigenvalue weighted by molar-refractivity contribution is 7.17. The van der Waals surface area contributed by atoms with Gasteiger partial charge in [0.05, 0.1) is 5.52 Å². The van der Waals surface area contributed by atoms with Gasteiger partial charge in [-0.3, -0.25) is 14.2 Å². The Kier molecular flexibility index (Phi) is 6.70. The van der Waals surface area contributed by atoms with Crippen molar-refractivity contribution in [3.05, 3.63) is 68.2 Å². The average molecular weight is 440 g/mol. The first-order valence-corrected chi connectivity index (χ1v) is 11.9. The van der Waals surface area contributed by atoms with Crippen LogP contribution in [0.25, 0.3) is 10.2 Å². The number of carbonyl (C=O) groups is 1. The first-order valence-electron chi connectivity index (χ1n) is 11.1. The molecule has 4 rings (SSSR count). The fourth-order valence-corrected chi connectivity index (χ4v) is 5.26. The van der Waals surface area contributed by atoms with Crippen molar-refractivity contribution in [1.82, 2.24) is 14.9 Å². The van der Waals surface area contributed by atoms with Crippen LogP contribution in [0.1, 0.15) is 44.6 Å². The zero-order valence-electron chi connectivity index (χ0n) is 17.8. The highest BCUT2D eigenvalue weighted by Gasteiger charge is 2.27.